The van der Waals surface area contributed by atoms with E-state index in [2.05, 4.69) is 0 Å². The first kappa shape index (κ1) is 15.1. The van der Waals surface area contributed by atoms with Crippen LogP contribution in [0.2, 0.25) is 0 Å². The molecule has 0 atom stereocenters. The molecule has 0 fully saturated rings. The second-order valence-corrected chi connectivity index (χ2v) is 8.33. The molecule has 1 aromatic heterocycles. The second kappa shape index (κ2) is 5.90. The molecular weight excluding hydrogens is 337 g/mol. The summed E-state index contributed by atoms with van der Waals surface area (Å²) >= 11 is 5.43. The summed E-state index contributed by atoms with van der Waals surface area (Å²) in [5.74, 6) is 0. The molecule has 3 nitrogen and oxygen atoms in total. The van der Waals surface area contributed by atoms with Crippen LogP contribution in [0.15, 0.2) is 89.3 Å². The standard InChI is InChI=1S/C19H14NO2PS/c21-23(15-9-3-1-4-10-15,16-11-5-2-6-12-16)20-17-13-7-8-14-18(17)22-19(20)24/h1-14H. The lowest BCUT2D eigenvalue weighted by Crippen LogP contribution is -2.21. The Morgan fingerprint density at radius 2 is 1.25 bits per heavy atom. The van der Waals surface area contributed by atoms with Crippen molar-refractivity contribution in [2.24, 2.45) is 0 Å². The summed E-state index contributed by atoms with van der Waals surface area (Å²) in [6.45, 7) is 0. The van der Waals surface area contributed by atoms with E-state index in [1.54, 1.807) is 4.34 Å². The molecule has 24 heavy (non-hydrogen) atoms. The first-order valence-corrected chi connectivity index (χ1v) is 9.61. The fourth-order valence-electron chi connectivity index (χ4n) is 2.86. The number of nitrogens with zero attached hydrogens (tertiary/aromatic N) is 1. The number of para-hydroxylation sites is 2. The Balaban J connectivity index is 2.13. The Morgan fingerprint density at radius 3 is 1.83 bits per heavy atom. The van der Waals surface area contributed by atoms with Crippen LogP contribution in [0.1, 0.15) is 0 Å². The number of fused-ring (bicyclic) bond motifs is 1. The SMILES string of the molecule is O=P(c1ccccc1)(c1ccccc1)n1c(=S)oc2ccccc21. The number of hydrogen-bond acceptors (Lipinski definition) is 3. The van der Waals surface area contributed by atoms with E-state index in [0.717, 1.165) is 16.1 Å². The zero-order chi connectivity index (χ0) is 16.6. The molecule has 0 unspecified atom stereocenters. The minimum absolute atomic E-state index is 0.215. The molecule has 0 aliphatic rings. The van der Waals surface area contributed by atoms with Gasteiger partial charge in [-0.2, -0.15) is 0 Å². The van der Waals surface area contributed by atoms with Crippen LogP contribution >= 0.6 is 19.5 Å². The van der Waals surface area contributed by atoms with Gasteiger partial charge in [-0.1, -0.05) is 48.5 Å². The van der Waals surface area contributed by atoms with Gasteiger partial charge in [-0.05, 0) is 48.6 Å². The number of benzene rings is 3. The Kier molecular flexibility index (Phi) is 3.72. The second-order valence-electron chi connectivity index (χ2n) is 5.39. The molecule has 0 bridgehead atoms. The first-order chi connectivity index (χ1) is 11.7. The van der Waals surface area contributed by atoms with Crippen molar-refractivity contribution in [3.63, 3.8) is 0 Å². The zero-order valence-corrected chi connectivity index (χ0v) is 14.4. The van der Waals surface area contributed by atoms with Crippen LogP contribution in [0, 0.1) is 4.84 Å². The molecule has 5 heteroatoms. The van der Waals surface area contributed by atoms with Gasteiger partial charge >= 0.3 is 0 Å². The van der Waals surface area contributed by atoms with Gasteiger partial charge in [0.25, 0.3) is 4.84 Å². The Hall–Kier alpha value is -2.42. The van der Waals surface area contributed by atoms with Crippen LogP contribution in [0.3, 0.4) is 0 Å². The minimum atomic E-state index is -3.19. The van der Waals surface area contributed by atoms with E-state index in [1.807, 2.05) is 84.9 Å². The highest BCUT2D eigenvalue weighted by Crippen LogP contribution is 2.47. The lowest BCUT2D eigenvalue weighted by molar-refractivity contribution is 0.558. The number of aromatic nitrogens is 1. The fourth-order valence-corrected chi connectivity index (χ4v) is 6.05. The van der Waals surface area contributed by atoms with E-state index in [0.29, 0.717) is 5.58 Å². The molecule has 0 amide bonds. The molecule has 0 aliphatic heterocycles. The van der Waals surface area contributed by atoms with Gasteiger partial charge in [0.05, 0.1) is 5.52 Å². The predicted octanol–water partition coefficient (Wildman–Crippen LogP) is 4.74. The van der Waals surface area contributed by atoms with Gasteiger partial charge in [-0.25, -0.2) is 4.34 Å². The molecule has 4 rings (SSSR count). The van der Waals surface area contributed by atoms with Crippen molar-refractivity contribution in [3.05, 3.63) is 89.8 Å². The van der Waals surface area contributed by atoms with Crippen LogP contribution in [0.5, 0.6) is 0 Å². The topological polar surface area (TPSA) is 35.1 Å². The summed E-state index contributed by atoms with van der Waals surface area (Å²) in [7, 11) is -3.19. The monoisotopic (exact) mass is 351 g/mol. The summed E-state index contributed by atoms with van der Waals surface area (Å²) in [4.78, 5) is 0.215. The van der Waals surface area contributed by atoms with E-state index in [-0.39, 0.29) is 4.84 Å². The molecule has 0 saturated carbocycles. The molecule has 0 N–H and O–H groups in total. The maximum absolute atomic E-state index is 14.4. The van der Waals surface area contributed by atoms with Crippen LogP contribution in [-0.2, 0) is 4.57 Å². The molecule has 0 radical (unpaired) electrons. The van der Waals surface area contributed by atoms with Crippen molar-refractivity contribution in [2.45, 2.75) is 0 Å². The number of oxazole rings is 1. The molecule has 0 saturated heterocycles. The molecule has 0 aliphatic carbocycles. The van der Waals surface area contributed by atoms with Gasteiger partial charge in [0.1, 0.15) is 0 Å². The average molecular weight is 351 g/mol. The van der Waals surface area contributed by atoms with Gasteiger partial charge in [0.2, 0.25) is 7.29 Å². The first-order valence-electron chi connectivity index (χ1n) is 7.54. The summed E-state index contributed by atoms with van der Waals surface area (Å²) < 4.78 is 21.7. The van der Waals surface area contributed by atoms with Crippen LogP contribution in [-0.4, -0.2) is 4.34 Å². The zero-order valence-electron chi connectivity index (χ0n) is 12.7. The van der Waals surface area contributed by atoms with Crippen molar-refractivity contribution in [3.8, 4) is 0 Å². The summed E-state index contributed by atoms with van der Waals surface area (Å²) in [5, 5.41) is 1.44. The third-order valence-electron chi connectivity index (χ3n) is 3.96. The largest absolute Gasteiger partial charge is 0.429 e. The van der Waals surface area contributed by atoms with Crippen molar-refractivity contribution < 1.29 is 8.98 Å². The highest BCUT2D eigenvalue weighted by Gasteiger charge is 2.32. The van der Waals surface area contributed by atoms with Crippen LogP contribution in [0.4, 0.5) is 0 Å². The molecule has 118 valence electrons. The van der Waals surface area contributed by atoms with Gasteiger partial charge < -0.3 is 4.42 Å². The van der Waals surface area contributed by atoms with E-state index in [4.69, 9.17) is 16.6 Å². The predicted molar refractivity (Wildman–Crippen MR) is 100 cm³/mol. The Morgan fingerprint density at radius 1 is 0.750 bits per heavy atom. The molecule has 3 aromatic carbocycles. The molecule has 1 heterocycles. The van der Waals surface area contributed by atoms with Gasteiger partial charge in [0.15, 0.2) is 5.58 Å². The van der Waals surface area contributed by atoms with Gasteiger partial charge in [0, 0.05) is 10.6 Å². The van der Waals surface area contributed by atoms with Crippen LogP contribution in [0.25, 0.3) is 11.1 Å². The lowest BCUT2D eigenvalue weighted by atomic mass is 10.3. The van der Waals surface area contributed by atoms with E-state index >= 15 is 0 Å². The number of hydrogen-bond donors (Lipinski definition) is 0. The maximum Gasteiger partial charge on any atom is 0.275 e. The highest BCUT2D eigenvalue weighted by atomic mass is 32.1. The third-order valence-corrected chi connectivity index (χ3v) is 7.32. The minimum Gasteiger partial charge on any atom is -0.429 e. The van der Waals surface area contributed by atoms with Gasteiger partial charge in [-0.15, -0.1) is 0 Å². The Labute approximate surface area is 144 Å². The maximum atomic E-state index is 14.4. The van der Waals surface area contributed by atoms with Gasteiger partial charge in [-0.3, -0.25) is 4.57 Å². The smallest absolute Gasteiger partial charge is 0.275 e. The molecule has 4 aromatic rings. The van der Waals surface area contributed by atoms with E-state index in [9.17, 15) is 4.57 Å². The van der Waals surface area contributed by atoms with Crippen molar-refractivity contribution in [1.82, 2.24) is 4.34 Å². The van der Waals surface area contributed by atoms with E-state index < -0.39 is 7.29 Å². The summed E-state index contributed by atoms with van der Waals surface area (Å²) in [6.07, 6.45) is 0. The summed E-state index contributed by atoms with van der Waals surface area (Å²) in [5.41, 5.74) is 1.37. The van der Waals surface area contributed by atoms with Crippen molar-refractivity contribution >= 4 is 41.2 Å². The average Bonchev–Trinajstić information content (AvgIpc) is 2.99. The third kappa shape index (κ3) is 2.27. The van der Waals surface area contributed by atoms with E-state index in [1.165, 1.54) is 0 Å². The number of rotatable bonds is 3. The highest BCUT2D eigenvalue weighted by molar-refractivity contribution is 7.78. The normalized spacial score (nSPS) is 11.7. The quantitative estimate of drug-likeness (QED) is 0.395. The molecule has 0 spiro atoms. The molecular formula is C19H14NO2PS. The van der Waals surface area contributed by atoms with Crippen LogP contribution < -0.4 is 10.6 Å². The van der Waals surface area contributed by atoms with Crippen molar-refractivity contribution in [1.29, 1.82) is 0 Å². The lowest BCUT2D eigenvalue weighted by Gasteiger charge is -2.20. The summed E-state index contributed by atoms with van der Waals surface area (Å²) in [6, 6.07) is 26.3. The Bertz CT molecular complexity index is 1060. The van der Waals surface area contributed by atoms with Crippen molar-refractivity contribution in [2.75, 3.05) is 0 Å². The fraction of sp³-hybridized carbons (Fsp3) is 0.